The number of rotatable bonds is 11. The number of anilines is 2. The fraction of sp³-hybridized carbons (Fsp3) is 0.500. The molecule has 9 nitrogen and oxygen atoms in total. The van der Waals surface area contributed by atoms with Crippen LogP contribution in [0.15, 0.2) is 42.5 Å². The number of nitrogens with one attached hydrogen (secondary N) is 2. The van der Waals surface area contributed by atoms with E-state index in [0.29, 0.717) is 67.4 Å². The number of halogens is 1. The predicted octanol–water partition coefficient (Wildman–Crippen LogP) is 4.16. The maximum absolute atomic E-state index is 14.0. The number of ether oxygens (including phenoxy) is 2. The Hall–Kier alpha value is -3.14. The Bertz CT molecular complexity index is 1250. The van der Waals surface area contributed by atoms with Crippen LogP contribution >= 0.6 is 11.6 Å². The highest BCUT2D eigenvalue weighted by Crippen LogP contribution is 2.58. The van der Waals surface area contributed by atoms with E-state index in [-0.39, 0.29) is 24.3 Å². The molecule has 2 bridgehead atoms. The minimum atomic E-state index is -1.10. The van der Waals surface area contributed by atoms with Crippen molar-refractivity contribution in [1.29, 1.82) is 0 Å². The number of aliphatic hydroxyl groups is 1. The maximum atomic E-state index is 14.0. The van der Waals surface area contributed by atoms with Gasteiger partial charge in [-0.25, -0.2) is 0 Å². The van der Waals surface area contributed by atoms with E-state index in [4.69, 9.17) is 21.1 Å². The van der Waals surface area contributed by atoms with Gasteiger partial charge in [0.1, 0.15) is 17.4 Å². The lowest BCUT2D eigenvalue weighted by Gasteiger charge is -2.33. The molecule has 0 aromatic heterocycles. The zero-order chi connectivity index (χ0) is 28.4. The minimum absolute atomic E-state index is 0.0643. The number of nitrogens with zero attached hydrogens (tertiary/aromatic N) is 1. The summed E-state index contributed by atoms with van der Waals surface area (Å²) in [4.78, 5) is 43.2. The van der Waals surface area contributed by atoms with Gasteiger partial charge in [0.25, 0.3) is 0 Å². The monoisotopic (exact) mass is 569 g/mol. The predicted molar refractivity (Wildman–Crippen MR) is 151 cm³/mol. The molecule has 0 aliphatic carbocycles. The van der Waals surface area contributed by atoms with E-state index in [2.05, 4.69) is 10.6 Å². The standard InChI is InChI=1S/C30H36ClN3O6/c1-3-39-20-12-10-19(11-13-20)32-27(36)23-22-14-15-30(40-22)24(23)29(38)34(16-5-4-6-17-35)26(30)28(37)33-25-18(2)8-7-9-21(25)31/h7-13,22-24,26,35H,3-6,14-17H2,1-2H3,(H,32,36)(H,33,37)/t22-,23+,24-,26?,30?/m0/s1. The van der Waals surface area contributed by atoms with Crippen molar-refractivity contribution in [2.24, 2.45) is 11.8 Å². The summed E-state index contributed by atoms with van der Waals surface area (Å²) in [7, 11) is 0. The molecule has 3 heterocycles. The van der Waals surface area contributed by atoms with Crippen LogP contribution in [0.4, 0.5) is 11.4 Å². The summed E-state index contributed by atoms with van der Waals surface area (Å²) in [6, 6.07) is 11.6. The van der Waals surface area contributed by atoms with Crippen molar-refractivity contribution in [2.45, 2.75) is 63.7 Å². The largest absolute Gasteiger partial charge is 0.494 e. The van der Waals surface area contributed by atoms with Gasteiger partial charge in [-0.1, -0.05) is 23.7 Å². The summed E-state index contributed by atoms with van der Waals surface area (Å²) >= 11 is 6.41. The van der Waals surface area contributed by atoms with Gasteiger partial charge >= 0.3 is 0 Å². The zero-order valence-electron chi connectivity index (χ0n) is 22.8. The SMILES string of the molecule is CCOc1ccc(NC(=O)[C@@H]2[C@@H]3CCC4(O3)C(C(=O)Nc3c(C)cccc3Cl)N(CCCCCO)C(=O)[C@H]24)cc1. The molecule has 3 N–H and O–H groups in total. The van der Waals surface area contributed by atoms with Gasteiger partial charge in [0, 0.05) is 18.8 Å². The summed E-state index contributed by atoms with van der Waals surface area (Å²) in [6.45, 7) is 4.69. The molecular formula is C30H36ClN3O6. The number of aryl methyl sites for hydroxylation is 1. The van der Waals surface area contributed by atoms with E-state index in [1.165, 1.54) is 0 Å². The second kappa shape index (κ2) is 11.8. The fourth-order valence-corrected chi connectivity index (χ4v) is 6.84. The number of benzene rings is 2. The minimum Gasteiger partial charge on any atom is -0.494 e. The molecule has 3 aliphatic heterocycles. The van der Waals surface area contributed by atoms with Crippen LogP contribution in [0.2, 0.25) is 5.02 Å². The quantitative estimate of drug-likeness (QED) is 0.350. The van der Waals surface area contributed by atoms with Gasteiger partial charge in [-0.2, -0.15) is 0 Å². The van der Waals surface area contributed by atoms with E-state index in [1.807, 2.05) is 26.0 Å². The molecule has 2 aromatic rings. The van der Waals surface area contributed by atoms with Crippen molar-refractivity contribution in [3.8, 4) is 5.75 Å². The molecule has 40 heavy (non-hydrogen) atoms. The van der Waals surface area contributed by atoms with Gasteiger partial charge < -0.3 is 30.1 Å². The first-order chi connectivity index (χ1) is 19.3. The van der Waals surface area contributed by atoms with Gasteiger partial charge in [0.2, 0.25) is 17.7 Å². The Morgan fingerprint density at radius 3 is 2.60 bits per heavy atom. The van der Waals surface area contributed by atoms with Crippen LogP contribution in [0.1, 0.15) is 44.6 Å². The molecule has 5 rings (SSSR count). The van der Waals surface area contributed by atoms with Crippen LogP contribution < -0.4 is 15.4 Å². The van der Waals surface area contributed by atoms with E-state index < -0.39 is 29.6 Å². The van der Waals surface area contributed by atoms with Crippen LogP contribution in [0, 0.1) is 18.8 Å². The molecule has 3 fully saturated rings. The number of unbranched alkanes of at least 4 members (excludes halogenated alkanes) is 2. The topological polar surface area (TPSA) is 117 Å². The van der Waals surface area contributed by atoms with Crippen LogP contribution in [-0.4, -0.2) is 65.2 Å². The molecule has 0 radical (unpaired) electrons. The third kappa shape index (κ3) is 5.06. The van der Waals surface area contributed by atoms with Crippen LogP contribution in [0.5, 0.6) is 5.75 Å². The second-order valence-corrected chi connectivity index (χ2v) is 11.1. The van der Waals surface area contributed by atoms with Crippen LogP contribution in [-0.2, 0) is 19.1 Å². The van der Waals surface area contributed by atoms with E-state index in [0.717, 1.165) is 5.56 Å². The summed E-state index contributed by atoms with van der Waals surface area (Å²) in [5.41, 5.74) is 0.802. The molecule has 0 saturated carbocycles. The molecular weight excluding hydrogens is 534 g/mol. The Balaban J connectivity index is 1.42. The zero-order valence-corrected chi connectivity index (χ0v) is 23.6. The van der Waals surface area contributed by atoms with Crippen molar-refractivity contribution in [2.75, 3.05) is 30.4 Å². The first kappa shape index (κ1) is 28.4. The highest BCUT2D eigenvalue weighted by atomic mass is 35.5. The lowest BCUT2D eigenvalue weighted by molar-refractivity contribution is -0.139. The summed E-state index contributed by atoms with van der Waals surface area (Å²) in [5.74, 6) is -1.69. The van der Waals surface area contributed by atoms with E-state index in [1.54, 1.807) is 35.2 Å². The number of aliphatic hydroxyl groups excluding tert-OH is 1. The maximum Gasteiger partial charge on any atom is 0.250 e. The number of fused-ring (bicyclic) bond motifs is 1. The number of hydrogen-bond acceptors (Lipinski definition) is 6. The molecule has 3 amide bonds. The highest BCUT2D eigenvalue weighted by Gasteiger charge is 2.74. The molecule has 3 aliphatic rings. The Labute approximate surface area is 239 Å². The Kier molecular flexibility index (Phi) is 8.35. The number of hydrogen-bond donors (Lipinski definition) is 3. The molecule has 2 unspecified atom stereocenters. The lowest BCUT2D eigenvalue weighted by Crippen LogP contribution is -2.53. The number of para-hydroxylation sites is 1. The van der Waals surface area contributed by atoms with Crippen molar-refractivity contribution in [1.82, 2.24) is 4.90 Å². The molecule has 2 aromatic carbocycles. The Morgan fingerprint density at radius 1 is 1.12 bits per heavy atom. The van der Waals surface area contributed by atoms with Crippen LogP contribution in [0.25, 0.3) is 0 Å². The van der Waals surface area contributed by atoms with E-state index >= 15 is 0 Å². The van der Waals surface area contributed by atoms with Gasteiger partial charge in [-0.05, 0) is 81.8 Å². The molecule has 5 atom stereocenters. The van der Waals surface area contributed by atoms with Crippen LogP contribution in [0.3, 0.4) is 0 Å². The molecule has 214 valence electrons. The van der Waals surface area contributed by atoms with Gasteiger partial charge in [-0.3, -0.25) is 14.4 Å². The third-order valence-electron chi connectivity index (χ3n) is 8.31. The van der Waals surface area contributed by atoms with Gasteiger partial charge in [-0.15, -0.1) is 0 Å². The fourth-order valence-electron chi connectivity index (χ4n) is 6.57. The molecule has 1 spiro atoms. The molecule has 10 heteroatoms. The van der Waals surface area contributed by atoms with E-state index in [9.17, 15) is 19.5 Å². The smallest absolute Gasteiger partial charge is 0.250 e. The number of carbonyl (C=O) groups is 3. The van der Waals surface area contributed by atoms with Crippen molar-refractivity contribution < 1.29 is 29.0 Å². The average molecular weight is 570 g/mol. The summed E-state index contributed by atoms with van der Waals surface area (Å²) in [5, 5.41) is 15.5. The van der Waals surface area contributed by atoms with Gasteiger partial charge in [0.05, 0.1) is 35.3 Å². The molecule has 3 saturated heterocycles. The first-order valence-corrected chi connectivity index (χ1v) is 14.4. The highest BCUT2D eigenvalue weighted by molar-refractivity contribution is 6.34. The van der Waals surface area contributed by atoms with Crippen molar-refractivity contribution in [3.05, 3.63) is 53.1 Å². The number of carbonyl (C=O) groups excluding carboxylic acids is 3. The van der Waals surface area contributed by atoms with Crippen molar-refractivity contribution >= 4 is 40.7 Å². The average Bonchev–Trinajstić information content (AvgIpc) is 3.57. The van der Waals surface area contributed by atoms with Gasteiger partial charge in [0.15, 0.2) is 0 Å². The summed E-state index contributed by atoms with van der Waals surface area (Å²) in [6.07, 6.45) is 2.58. The third-order valence-corrected chi connectivity index (χ3v) is 8.63. The number of amides is 3. The summed E-state index contributed by atoms with van der Waals surface area (Å²) < 4.78 is 12.0. The first-order valence-electron chi connectivity index (χ1n) is 14.0. The normalized spacial score (nSPS) is 26.6. The Morgan fingerprint density at radius 2 is 1.90 bits per heavy atom. The lowest BCUT2D eigenvalue weighted by atomic mass is 9.70. The number of likely N-dealkylation sites (tertiary alicyclic amines) is 1. The van der Waals surface area contributed by atoms with Crippen molar-refractivity contribution in [3.63, 3.8) is 0 Å². The second-order valence-electron chi connectivity index (χ2n) is 10.7.